The van der Waals surface area contributed by atoms with Crippen molar-refractivity contribution in [1.82, 2.24) is 5.32 Å². The van der Waals surface area contributed by atoms with Gasteiger partial charge in [-0.3, -0.25) is 10.1 Å². The maximum Gasteiger partial charge on any atom is 0.412 e. The van der Waals surface area contributed by atoms with E-state index >= 15 is 0 Å². The summed E-state index contributed by atoms with van der Waals surface area (Å²) < 4.78 is 10.1. The van der Waals surface area contributed by atoms with Gasteiger partial charge in [-0.15, -0.1) is 0 Å². The fourth-order valence-electron chi connectivity index (χ4n) is 1.45. The molecule has 1 rings (SSSR count). The molecule has 0 bridgehead atoms. The summed E-state index contributed by atoms with van der Waals surface area (Å²) in [4.78, 5) is 22.7. The lowest BCUT2D eigenvalue weighted by Gasteiger charge is -2.11. The van der Waals surface area contributed by atoms with Gasteiger partial charge in [-0.05, 0) is 24.6 Å². The molecule has 0 saturated heterocycles. The van der Waals surface area contributed by atoms with Gasteiger partial charge in [0.05, 0.1) is 17.8 Å². The van der Waals surface area contributed by atoms with Crippen LogP contribution < -0.4 is 15.4 Å². The van der Waals surface area contributed by atoms with Crippen LogP contribution in [-0.2, 0) is 16.1 Å². The zero-order valence-corrected chi connectivity index (χ0v) is 12.3. The van der Waals surface area contributed by atoms with Crippen LogP contribution in [0.25, 0.3) is 0 Å². The smallest absolute Gasteiger partial charge is 0.412 e. The van der Waals surface area contributed by atoms with Gasteiger partial charge >= 0.3 is 6.09 Å². The number of benzene rings is 1. The fourth-order valence-corrected chi connectivity index (χ4v) is 1.53. The van der Waals surface area contributed by atoms with Crippen LogP contribution in [0.3, 0.4) is 0 Å². The summed E-state index contributed by atoms with van der Waals surface area (Å²) in [5, 5.41) is 5.00. The summed E-state index contributed by atoms with van der Waals surface area (Å²) >= 11 is 4.73. The lowest BCUT2D eigenvalue weighted by molar-refractivity contribution is -0.114. The molecule has 0 atom stereocenters. The van der Waals surface area contributed by atoms with Crippen molar-refractivity contribution in [2.45, 2.75) is 20.5 Å². The number of rotatable bonds is 4. The van der Waals surface area contributed by atoms with Gasteiger partial charge in [0.25, 0.3) is 0 Å². The van der Waals surface area contributed by atoms with Gasteiger partial charge in [0.2, 0.25) is 5.91 Å². The minimum atomic E-state index is -0.609. The van der Waals surface area contributed by atoms with Crippen molar-refractivity contribution in [2.75, 3.05) is 12.4 Å². The molecule has 0 aliphatic carbocycles. The minimum absolute atomic E-state index is 0.0746. The predicted octanol–water partition coefficient (Wildman–Crippen LogP) is 2.23. The fraction of sp³-hybridized carbons (Fsp3) is 0.308. The third-order valence-electron chi connectivity index (χ3n) is 2.22. The van der Waals surface area contributed by atoms with E-state index in [-0.39, 0.29) is 12.5 Å². The normalized spacial score (nSPS) is 9.55. The van der Waals surface area contributed by atoms with E-state index in [9.17, 15) is 9.59 Å². The molecule has 20 heavy (non-hydrogen) atoms. The van der Waals surface area contributed by atoms with Crippen molar-refractivity contribution in [2.24, 2.45) is 0 Å². The molecule has 0 fully saturated rings. The lowest BCUT2D eigenvalue weighted by atomic mass is 10.2. The van der Waals surface area contributed by atoms with Crippen LogP contribution >= 0.6 is 12.2 Å². The molecule has 7 heteroatoms. The van der Waals surface area contributed by atoms with Crippen LogP contribution in [0.1, 0.15) is 19.4 Å². The first-order chi connectivity index (χ1) is 9.42. The van der Waals surface area contributed by atoms with Crippen molar-refractivity contribution < 1.29 is 19.1 Å². The highest BCUT2D eigenvalue weighted by molar-refractivity contribution is 7.80. The molecule has 1 aromatic rings. The molecule has 0 aliphatic rings. The van der Waals surface area contributed by atoms with Gasteiger partial charge in [-0.25, -0.2) is 4.79 Å². The van der Waals surface area contributed by atoms with Gasteiger partial charge < -0.3 is 14.8 Å². The van der Waals surface area contributed by atoms with E-state index < -0.39 is 6.09 Å². The number of methoxy groups -OCH3 is 1. The van der Waals surface area contributed by atoms with Gasteiger partial charge in [0, 0.05) is 6.92 Å². The third kappa shape index (κ3) is 5.23. The lowest BCUT2D eigenvalue weighted by Crippen LogP contribution is -2.27. The summed E-state index contributed by atoms with van der Waals surface area (Å²) in [6.07, 6.45) is -0.609. The Balaban J connectivity index is 2.70. The first-order valence-electron chi connectivity index (χ1n) is 5.81. The second-order valence-corrected chi connectivity index (χ2v) is 4.59. The summed E-state index contributed by atoms with van der Waals surface area (Å²) in [7, 11) is 1.49. The van der Waals surface area contributed by atoms with Crippen LogP contribution in [0.5, 0.6) is 5.75 Å². The number of hydrogen-bond acceptors (Lipinski definition) is 5. The maximum atomic E-state index is 11.3. The number of anilines is 1. The van der Waals surface area contributed by atoms with Crippen LogP contribution in [0.15, 0.2) is 18.2 Å². The molecule has 2 amide bonds. The summed E-state index contributed by atoms with van der Waals surface area (Å²) in [5.41, 5.74) is 1.29. The Labute approximate surface area is 122 Å². The van der Waals surface area contributed by atoms with Crippen molar-refractivity contribution in [3.63, 3.8) is 0 Å². The number of carbonyl (C=O) groups excluding carboxylic acids is 2. The van der Waals surface area contributed by atoms with E-state index in [0.717, 1.165) is 5.56 Å². The Morgan fingerprint density at radius 2 is 2.00 bits per heavy atom. The van der Waals surface area contributed by atoms with E-state index in [4.69, 9.17) is 21.7 Å². The molecule has 0 radical (unpaired) electrons. The molecule has 6 nitrogen and oxygen atoms in total. The van der Waals surface area contributed by atoms with Gasteiger partial charge in [-0.2, -0.15) is 0 Å². The molecule has 2 N–H and O–H groups in total. The molecule has 0 spiro atoms. The van der Waals surface area contributed by atoms with Gasteiger partial charge in [0.15, 0.2) is 0 Å². The highest BCUT2D eigenvalue weighted by Crippen LogP contribution is 2.25. The van der Waals surface area contributed by atoms with E-state index in [1.807, 2.05) is 0 Å². The van der Waals surface area contributed by atoms with Crippen LogP contribution in [-0.4, -0.2) is 24.1 Å². The zero-order valence-electron chi connectivity index (χ0n) is 11.5. The second-order valence-electron chi connectivity index (χ2n) is 3.97. The predicted molar refractivity (Wildman–Crippen MR) is 78.9 cm³/mol. The van der Waals surface area contributed by atoms with Crippen molar-refractivity contribution in [3.05, 3.63) is 23.8 Å². The average Bonchev–Trinajstić information content (AvgIpc) is 2.36. The first-order valence-corrected chi connectivity index (χ1v) is 6.22. The van der Waals surface area contributed by atoms with Crippen LogP contribution in [0.2, 0.25) is 0 Å². The van der Waals surface area contributed by atoms with Crippen LogP contribution in [0, 0.1) is 0 Å². The Bertz CT molecular complexity index is 531. The van der Waals surface area contributed by atoms with Crippen molar-refractivity contribution >= 4 is 34.9 Å². The Morgan fingerprint density at radius 1 is 1.30 bits per heavy atom. The van der Waals surface area contributed by atoms with E-state index in [2.05, 4.69) is 10.6 Å². The van der Waals surface area contributed by atoms with Crippen LogP contribution in [0.4, 0.5) is 10.5 Å². The highest BCUT2D eigenvalue weighted by atomic mass is 32.1. The number of alkyl carbamates (subject to hydrolysis) is 1. The Kier molecular flexibility index (Phi) is 5.92. The molecular formula is C13H16N2O4S. The molecule has 108 valence electrons. The Morgan fingerprint density at radius 3 is 2.55 bits per heavy atom. The largest absolute Gasteiger partial charge is 0.495 e. The third-order valence-corrected chi connectivity index (χ3v) is 2.33. The van der Waals surface area contributed by atoms with E-state index in [1.165, 1.54) is 14.0 Å². The Hall–Kier alpha value is -2.15. The van der Waals surface area contributed by atoms with E-state index in [1.54, 1.807) is 25.1 Å². The topological polar surface area (TPSA) is 76.7 Å². The number of carbonyl (C=O) groups is 2. The quantitative estimate of drug-likeness (QED) is 0.833. The molecular weight excluding hydrogens is 280 g/mol. The van der Waals surface area contributed by atoms with E-state index in [0.29, 0.717) is 16.4 Å². The molecule has 0 unspecified atom stereocenters. The molecule has 0 heterocycles. The van der Waals surface area contributed by atoms with Gasteiger partial charge in [0.1, 0.15) is 12.4 Å². The minimum Gasteiger partial charge on any atom is -0.495 e. The standard InChI is InChI=1S/C13H16N2O4S/c1-8(16)14-11-5-4-10(6-12(11)18-3)7-19-13(17)15-9(2)20/h4-6H,7H2,1-3H3,(H,14,16)(H,15,17,20). The molecule has 0 saturated carbocycles. The monoisotopic (exact) mass is 296 g/mol. The highest BCUT2D eigenvalue weighted by Gasteiger charge is 2.08. The van der Waals surface area contributed by atoms with Gasteiger partial charge in [-0.1, -0.05) is 18.3 Å². The summed E-state index contributed by atoms with van der Waals surface area (Å²) in [6, 6.07) is 5.09. The number of ether oxygens (including phenoxy) is 2. The first kappa shape index (κ1) is 15.9. The molecule has 0 aromatic heterocycles. The number of hydrogen-bond donors (Lipinski definition) is 2. The maximum absolute atomic E-state index is 11.3. The molecule has 1 aromatic carbocycles. The average molecular weight is 296 g/mol. The summed E-state index contributed by atoms with van der Waals surface area (Å²) in [6.45, 7) is 3.07. The van der Waals surface area contributed by atoms with Crippen molar-refractivity contribution in [1.29, 1.82) is 0 Å². The van der Waals surface area contributed by atoms with Crippen molar-refractivity contribution in [3.8, 4) is 5.75 Å². The number of nitrogens with one attached hydrogen (secondary N) is 2. The SMILES string of the molecule is COc1cc(COC(=O)NC(C)=S)ccc1NC(C)=O. The zero-order chi connectivity index (χ0) is 15.1. The number of thiocarbonyl (C=S) groups is 1. The molecule has 0 aliphatic heterocycles. The second kappa shape index (κ2) is 7.44. The number of amides is 2. The summed E-state index contributed by atoms with van der Waals surface area (Å²) in [5.74, 6) is 0.302.